The number of carbonyl (C=O) groups excluding carboxylic acids is 2. The van der Waals surface area contributed by atoms with Crippen molar-refractivity contribution in [1.82, 2.24) is 14.9 Å². The Hall–Kier alpha value is -3.48. The highest BCUT2D eigenvalue weighted by Gasteiger charge is 2.15. The predicted molar refractivity (Wildman–Crippen MR) is 117 cm³/mol. The van der Waals surface area contributed by atoms with Crippen LogP contribution in [0.15, 0.2) is 47.3 Å². The van der Waals surface area contributed by atoms with E-state index >= 15 is 0 Å². The first-order chi connectivity index (χ1) is 15.1. The third-order valence-corrected chi connectivity index (χ3v) is 5.66. The summed E-state index contributed by atoms with van der Waals surface area (Å²) < 4.78 is 6.48. The van der Waals surface area contributed by atoms with Crippen LogP contribution in [0.3, 0.4) is 0 Å². The van der Waals surface area contributed by atoms with E-state index < -0.39 is 5.97 Å². The van der Waals surface area contributed by atoms with Crippen molar-refractivity contribution in [2.45, 2.75) is 45.2 Å². The maximum Gasteiger partial charge on any atom is 0.337 e. The molecular formula is C24H25N3O4. The molecule has 0 atom stereocenters. The lowest BCUT2D eigenvalue weighted by atomic mass is 10.1. The number of aryl methyl sites for hydroxylation is 1. The van der Waals surface area contributed by atoms with Gasteiger partial charge in [0.2, 0.25) is 0 Å². The van der Waals surface area contributed by atoms with E-state index in [2.05, 4.69) is 10.1 Å². The van der Waals surface area contributed by atoms with Gasteiger partial charge in [0.1, 0.15) is 5.82 Å². The molecule has 7 heteroatoms. The smallest absolute Gasteiger partial charge is 0.337 e. The number of ether oxygens (including phenoxy) is 1. The molecule has 1 amide bonds. The van der Waals surface area contributed by atoms with Gasteiger partial charge in [0.25, 0.3) is 11.5 Å². The van der Waals surface area contributed by atoms with Crippen LogP contribution in [0.2, 0.25) is 0 Å². The third-order valence-electron chi connectivity index (χ3n) is 5.66. The average molecular weight is 419 g/mol. The summed E-state index contributed by atoms with van der Waals surface area (Å²) >= 11 is 0. The number of hydrogen-bond acceptors (Lipinski definition) is 5. The number of esters is 1. The second kappa shape index (κ2) is 9.12. The summed E-state index contributed by atoms with van der Waals surface area (Å²) in [7, 11) is 1.34. The number of methoxy groups -OCH3 is 1. The van der Waals surface area contributed by atoms with E-state index in [4.69, 9.17) is 4.98 Å². The van der Waals surface area contributed by atoms with Gasteiger partial charge in [-0.25, -0.2) is 9.78 Å². The molecule has 7 nitrogen and oxygen atoms in total. The zero-order valence-corrected chi connectivity index (χ0v) is 17.5. The molecule has 160 valence electrons. The minimum atomic E-state index is -0.399. The van der Waals surface area contributed by atoms with Crippen LogP contribution >= 0.6 is 0 Å². The fourth-order valence-corrected chi connectivity index (χ4v) is 3.90. The third kappa shape index (κ3) is 4.50. The van der Waals surface area contributed by atoms with Crippen molar-refractivity contribution in [1.29, 1.82) is 0 Å². The molecule has 0 saturated carbocycles. The van der Waals surface area contributed by atoms with Crippen LogP contribution in [-0.2, 0) is 24.2 Å². The largest absolute Gasteiger partial charge is 0.465 e. The summed E-state index contributed by atoms with van der Waals surface area (Å²) in [4.78, 5) is 41.8. The molecule has 3 aromatic rings. The first-order valence-electron chi connectivity index (χ1n) is 10.6. The lowest BCUT2D eigenvalue weighted by molar-refractivity contribution is 0.0600. The number of fused-ring (bicyclic) bond motifs is 2. The van der Waals surface area contributed by atoms with Crippen molar-refractivity contribution < 1.29 is 14.3 Å². The molecular weight excluding hydrogens is 394 g/mol. The molecule has 2 aromatic carbocycles. The zero-order chi connectivity index (χ0) is 21.8. The topological polar surface area (TPSA) is 90.3 Å². The SMILES string of the molecule is COC(=O)c1ccc(CNC(=O)c2ccc3c(=O)n4c(nc3c2)CCCCCC4)cc1. The maximum absolute atomic E-state index is 12.9. The van der Waals surface area contributed by atoms with E-state index in [9.17, 15) is 14.4 Å². The Morgan fingerprint density at radius 1 is 1.03 bits per heavy atom. The van der Waals surface area contributed by atoms with Gasteiger partial charge in [-0.2, -0.15) is 0 Å². The average Bonchev–Trinajstić information content (AvgIpc) is 2.78. The molecule has 4 rings (SSSR count). The second-order valence-corrected chi connectivity index (χ2v) is 7.75. The predicted octanol–water partition coefficient (Wildman–Crippen LogP) is 3.23. The molecule has 2 heterocycles. The van der Waals surface area contributed by atoms with Crippen molar-refractivity contribution in [2.24, 2.45) is 0 Å². The number of hydrogen-bond donors (Lipinski definition) is 1. The Kier molecular flexibility index (Phi) is 6.11. The molecule has 1 aliphatic heterocycles. The van der Waals surface area contributed by atoms with Gasteiger partial charge >= 0.3 is 5.97 Å². The number of rotatable bonds is 4. The molecule has 1 aromatic heterocycles. The minimum Gasteiger partial charge on any atom is -0.465 e. The molecule has 0 aliphatic carbocycles. The van der Waals surface area contributed by atoms with Crippen LogP contribution in [-0.4, -0.2) is 28.5 Å². The highest BCUT2D eigenvalue weighted by molar-refractivity contribution is 5.97. The van der Waals surface area contributed by atoms with Crippen LogP contribution in [0.1, 0.15) is 57.8 Å². The van der Waals surface area contributed by atoms with Crippen molar-refractivity contribution in [3.05, 3.63) is 75.3 Å². The zero-order valence-electron chi connectivity index (χ0n) is 17.5. The second-order valence-electron chi connectivity index (χ2n) is 7.75. The highest BCUT2D eigenvalue weighted by atomic mass is 16.5. The van der Waals surface area contributed by atoms with E-state index in [1.165, 1.54) is 7.11 Å². The molecule has 0 saturated heterocycles. The Bertz CT molecular complexity index is 1180. The van der Waals surface area contributed by atoms with E-state index in [1.807, 2.05) is 0 Å². The number of carbonyl (C=O) groups is 2. The van der Waals surface area contributed by atoms with Gasteiger partial charge in [-0.15, -0.1) is 0 Å². The van der Waals surface area contributed by atoms with Gasteiger partial charge in [-0.1, -0.05) is 25.0 Å². The Balaban J connectivity index is 1.52. The minimum absolute atomic E-state index is 0.0282. The Morgan fingerprint density at radius 3 is 2.55 bits per heavy atom. The highest BCUT2D eigenvalue weighted by Crippen LogP contribution is 2.16. The van der Waals surface area contributed by atoms with Crippen molar-refractivity contribution in [3.63, 3.8) is 0 Å². The Labute approximate surface area is 180 Å². The van der Waals surface area contributed by atoms with Crippen molar-refractivity contribution in [2.75, 3.05) is 7.11 Å². The van der Waals surface area contributed by atoms with Gasteiger partial charge in [-0.05, 0) is 48.7 Å². The number of nitrogens with one attached hydrogen (secondary N) is 1. The van der Waals surface area contributed by atoms with Crippen LogP contribution in [0.4, 0.5) is 0 Å². The summed E-state index contributed by atoms with van der Waals surface area (Å²) in [6.45, 7) is 1.02. The molecule has 0 radical (unpaired) electrons. The summed E-state index contributed by atoms with van der Waals surface area (Å²) in [5.41, 5.74) is 2.31. The quantitative estimate of drug-likeness (QED) is 0.656. The fourth-order valence-electron chi connectivity index (χ4n) is 3.90. The van der Waals surface area contributed by atoms with Gasteiger partial charge < -0.3 is 10.1 Å². The Morgan fingerprint density at radius 2 is 1.77 bits per heavy atom. The summed E-state index contributed by atoms with van der Waals surface area (Å²) in [5, 5.41) is 3.41. The fraction of sp³-hybridized carbons (Fsp3) is 0.333. The lowest BCUT2D eigenvalue weighted by Gasteiger charge is -2.16. The van der Waals surface area contributed by atoms with Gasteiger partial charge in [0.15, 0.2) is 0 Å². The molecule has 0 fully saturated rings. The summed E-state index contributed by atoms with van der Waals surface area (Å²) in [6, 6.07) is 11.9. The first-order valence-corrected chi connectivity index (χ1v) is 10.6. The molecule has 0 spiro atoms. The van der Waals surface area contributed by atoms with Crippen LogP contribution in [0.5, 0.6) is 0 Å². The maximum atomic E-state index is 12.9. The van der Waals surface area contributed by atoms with E-state index in [-0.39, 0.29) is 11.5 Å². The molecule has 0 bridgehead atoms. The van der Waals surface area contributed by atoms with E-state index in [0.29, 0.717) is 35.1 Å². The van der Waals surface area contributed by atoms with Gasteiger partial charge in [0.05, 0.1) is 23.6 Å². The van der Waals surface area contributed by atoms with Crippen molar-refractivity contribution in [3.8, 4) is 0 Å². The molecule has 1 aliphatic rings. The van der Waals surface area contributed by atoms with E-state index in [0.717, 1.165) is 43.5 Å². The van der Waals surface area contributed by atoms with Gasteiger partial charge in [0, 0.05) is 25.1 Å². The van der Waals surface area contributed by atoms with Gasteiger partial charge in [-0.3, -0.25) is 14.2 Å². The van der Waals surface area contributed by atoms with Crippen molar-refractivity contribution >= 4 is 22.8 Å². The normalized spacial score (nSPS) is 13.7. The summed E-state index contributed by atoms with van der Waals surface area (Å²) in [5.74, 6) is 0.164. The summed E-state index contributed by atoms with van der Waals surface area (Å²) in [6.07, 6.45) is 5.07. The number of amides is 1. The van der Waals surface area contributed by atoms with Crippen LogP contribution in [0, 0.1) is 0 Å². The monoisotopic (exact) mass is 419 g/mol. The van der Waals surface area contributed by atoms with Crippen LogP contribution < -0.4 is 10.9 Å². The van der Waals surface area contributed by atoms with E-state index in [1.54, 1.807) is 47.0 Å². The molecule has 0 unspecified atom stereocenters. The first kappa shape index (κ1) is 20.8. The number of nitrogens with zero attached hydrogens (tertiary/aromatic N) is 2. The molecule has 31 heavy (non-hydrogen) atoms. The standard InChI is InChI=1S/C24H25N3O4/c1-31-24(30)17-9-7-16(8-10-17)15-25-22(28)18-11-12-19-20(14-18)26-21-6-4-2-3-5-13-27(21)23(19)29/h7-12,14H,2-6,13,15H2,1H3,(H,25,28). The molecule has 1 N–H and O–H groups in total. The van der Waals surface area contributed by atoms with Crippen LogP contribution in [0.25, 0.3) is 10.9 Å². The lowest BCUT2D eigenvalue weighted by Crippen LogP contribution is -2.27. The number of aromatic nitrogens is 2. The number of benzene rings is 2.